The first-order chi connectivity index (χ1) is 27.4. The number of likely N-dealkylation sites (tertiary alicyclic amines) is 2. The predicted octanol–water partition coefficient (Wildman–Crippen LogP) is 8.36. The number of ether oxygens (including phenoxy) is 2. The van der Waals surface area contributed by atoms with Crippen LogP contribution >= 0.6 is 0 Å². The molecule has 2 atom stereocenters. The largest absolute Gasteiger partial charge is 0.493 e. The number of nitrogens with zero attached hydrogens (tertiary/aromatic N) is 3. The van der Waals surface area contributed by atoms with Gasteiger partial charge in [-0.2, -0.15) is 13.2 Å². The average molecular weight is 816 g/mol. The molecule has 0 bridgehead atoms. The van der Waals surface area contributed by atoms with Crippen molar-refractivity contribution in [3.05, 3.63) is 89.2 Å². The zero-order chi connectivity index (χ0) is 41.9. The summed E-state index contributed by atoms with van der Waals surface area (Å²) >= 11 is 0. The molecule has 1 aliphatic carbocycles. The number of pyridine rings is 1. The molecule has 0 radical (unpaired) electrons. The highest BCUT2D eigenvalue weighted by Gasteiger charge is 2.56. The van der Waals surface area contributed by atoms with Crippen molar-refractivity contribution < 1.29 is 56.0 Å². The Morgan fingerprint density at radius 2 is 1.59 bits per heavy atom. The summed E-state index contributed by atoms with van der Waals surface area (Å²) in [4.78, 5) is 48.0. The zero-order valence-corrected chi connectivity index (χ0v) is 32.7. The van der Waals surface area contributed by atoms with Gasteiger partial charge in [0, 0.05) is 44.7 Å². The monoisotopic (exact) mass is 815 g/mol. The number of amides is 2. The lowest BCUT2D eigenvalue weighted by Gasteiger charge is -2.51. The molecule has 3 aromatic rings. The lowest BCUT2D eigenvalue weighted by Crippen LogP contribution is -2.68. The fourth-order valence-corrected chi connectivity index (χ4v) is 8.75. The quantitative estimate of drug-likeness (QED) is 0.123. The third-order valence-corrected chi connectivity index (χ3v) is 12.1. The van der Waals surface area contributed by atoms with Crippen LogP contribution in [0.5, 0.6) is 11.5 Å². The molecule has 2 aliphatic heterocycles. The second kappa shape index (κ2) is 16.8. The van der Waals surface area contributed by atoms with Crippen LogP contribution in [0.25, 0.3) is 0 Å². The number of alkyl halides is 5. The van der Waals surface area contributed by atoms with Crippen LogP contribution in [-0.4, -0.2) is 80.7 Å². The molecule has 15 heteroatoms. The van der Waals surface area contributed by atoms with Crippen LogP contribution in [0.2, 0.25) is 0 Å². The van der Waals surface area contributed by atoms with E-state index in [1.54, 1.807) is 24.3 Å². The van der Waals surface area contributed by atoms with Crippen molar-refractivity contribution >= 4 is 17.8 Å². The smallest absolute Gasteiger partial charge is 0.416 e. The van der Waals surface area contributed by atoms with Crippen LogP contribution in [0.1, 0.15) is 112 Å². The first-order valence-electron chi connectivity index (χ1n) is 19.9. The standard InChI is InChI=1S/C43H50F5N3O7/c1-3-10-34-42(58-30-16-14-29(15-17-30)43(46,47)48,21-8-25-51(34)36(52)35-32(39(2,44)45)12-6-24-49-35)37(53)50-26-22-41(56,23-27-50)31-11-4-5-13-33(31)57-28-9-20-40(38(54)55)18-7-19-40/h4-6,11-17,24,34,56H,3,7-10,18-23,25-28H2,1-2H3,(H,54,55)/t34-,42+/m1/s1. The predicted molar refractivity (Wildman–Crippen MR) is 202 cm³/mol. The van der Waals surface area contributed by atoms with Gasteiger partial charge in [-0.3, -0.25) is 19.4 Å². The number of hydrogen-bond donors (Lipinski definition) is 2. The van der Waals surface area contributed by atoms with Crippen LogP contribution < -0.4 is 9.47 Å². The van der Waals surface area contributed by atoms with Gasteiger partial charge in [-0.25, -0.2) is 8.78 Å². The molecular weight excluding hydrogens is 765 g/mol. The Morgan fingerprint density at radius 1 is 0.897 bits per heavy atom. The van der Waals surface area contributed by atoms with E-state index in [0.29, 0.717) is 50.3 Å². The number of halogens is 5. The van der Waals surface area contributed by atoms with E-state index in [4.69, 9.17) is 9.47 Å². The molecule has 2 saturated heterocycles. The zero-order valence-electron chi connectivity index (χ0n) is 32.7. The number of aliphatic hydroxyl groups is 1. The third-order valence-electron chi connectivity index (χ3n) is 12.1. The van der Waals surface area contributed by atoms with E-state index >= 15 is 4.79 Å². The van der Waals surface area contributed by atoms with Crippen molar-refractivity contribution in [3.63, 3.8) is 0 Å². The fourth-order valence-electron chi connectivity index (χ4n) is 8.75. The van der Waals surface area contributed by atoms with E-state index in [1.807, 2.05) is 6.92 Å². The molecule has 3 aliphatic rings. The number of benzene rings is 2. The Morgan fingerprint density at radius 3 is 2.19 bits per heavy atom. The Bertz CT molecular complexity index is 1940. The molecule has 2 amide bonds. The molecule has 3 fully saturated rings. The number of aromatic nitrogens is 1. The first kappa shape index (κ1) is 42.8. The van der Waals surface area contributed by atoms with Crippen molar-refractivity contribution in [2.45, 2.75) is 114 Å². The number of para-hydroxylation sites is 1. The van der Waals surface area contributed by atoms with Gasteiger partial charge in [-0.15, -0.1) is 0 Å². The summed E-state index contributed by atoms with van der Waals surface area (Å²) in [5.41, 5.74) is -5.41. The number of carbonyl (C=O) groups excluding carboxylic acids is 2. The number of carboxylic acid groups (broad SMARTS) is 1. The van der Waals surface area contributed by atoms with Gasteiger partial charge in [0.2, 0.25) is 5.60 Å². The lowest BCUT2D eigenvalue weighted by molar-refractivity contribution is -0.163. The van der Waals surface area contributed by atoms with E-state index < -0.39 is 69.4 Å². The summed E-state index contributed by atoms with van der Waals surface area (Å²) in [6, 6.07) is 12.4. The maximum absolute atomic E-state index is 15.1. The maximum Gasteiger partial charge on any atom is 0.416 e. The summed E-state index contributed by atoms with van der Waals surface area (Å²) in [6.07, 6.45) is 0.853. The van der Waals surface area contributed by atoms with Crippen LogP contribution in [0.4, 0.5) is 22.0 Å². The third kappa shape index (κ3) is 8.64. The second-order valence-electron chi connectivity index (χ2n) is 15.9. The molecule has 3 heterocycles. The van der Waals surface area contributed by atoms with Crippen LogP contribution in [0.3, 0.4) is 0 Å². The van der Waals surface area contributed by atoms with Crippen molar-refractivity contribution in [2.75, 3.05) is 26.2 Å². The van der Waals surface area contributed by atoms with Crippen molar-refractivity contribution in [3.8, 4) is 11.5 Å². The SMILES string of the molecule is CCC[C@H]1N(C(=O)c2ncccc2C(C)(F)F)CCC[C@@]1(Oc1ccc(C(F)(F)F)cc1)C(=O)N1CCC(O)(c2ccccc2OCCCC2(C(=O)O)CCC2)CC1. The number of carbonyl (C=O) groups is 3. The fraction of sp³-hybridized carbons (Fsp3) is 0.535. The number of aliphatic carboxylic acids is 1. The Hall–Kier alpha value is -4.79. The van der Waals surface area contributed by atoms with E-state index in [9.17, 15) is 41.8 Å². The summed E-state index contributed by atoms with van der Waals surface area (Å²) in [7, 11) is 0. The van der Waals surface area contributed by atoms with Crippen molar-refractivity contribution in [1.29, 1.82) is 0 Å². The van der Waals surface area contributed by atoms with Crippen molar-refractivity contribution in [2.24, 2.45) is 5.41 Å². The van der Waals surface area contributed by atoms with Crippen molar-refractivity contribution in [1.82, 2.24) is 14.8 Å². The molecule has 6 rings (SSSR count). The van der Waals surface area contributed by atoms with Gasteiger partial charge in [-0.1, -0.05) is 38.0 Å². The molecule has 0 unspecified atom stereocenters. The highest BCUT2D eigenvalue weighted by molar-refractivity contribution is 5.96. The number of carboxylic acids is 1. The summed E-state index contributed by atoms with van der Waals surface area (Å²) < 4.78 is 82.7. The minimum atomic E-state index is -4.62. The van der Waals surface area contributed by atoms with Gasteiger partial charge < -0.3 is 29.5 Å². The Labute approximate surface area is 334 Å². The molecule has 2 aromatic carbocycles. The van der Waals surface area contributed by atoms with Gasteiger partial charge in [0.15, 0.2) is 0 Å². The molecule has 1 saturated carbocycles. The van der Waals surface area contributed by atoms with Crippen LogP contribution in [0.15, 0.2) is 66.9 Å². The van der Waals surface area contributed by atoms with E-state index in [0.717, 1.165) is 36.8 Å². The maximum atomic E-state index is 15.1. The minimum Gasteiger partial charge on any atom is -0.493 e. The highest BCUT2D eigenvalue weighted by Crippen LogP contribution is 2.46. The number of piperidine rings is 2. The van der Waals surface area contributed by atoms with Crippen LogP contribution in [-0.2, 0) is 27.3 Å². The average Bonchev–Trinajstić information content (AvgIpc) is 3.17. The molecule has 58 heavy (non-hydrogen) atoms. The van der Waals surface area contributed by atoms with E-state index in [1.165, 1.54) is 22.1 Å². The number of rotatable bonds is 14. The van der Waals surface area contributed by atoms with Crippen LogP contribution in [0, 0.1) is 5.41 Å². The Kier molecular flexibility index (Phi) is 12.4. The number of hydrogen-bond acceptors (Lipinski definition) is 7. The Balaban J connectivity index is 1.27. The first-order valence-corrected chi connectivity index (χ1v) is 19.9. The molecule has 0 spiro atoms. The topological polar surface area (TPSA) is 130 Å². The minimum absolute atomic E-state index is 0.0402. The van der Waals surface area contributed by atoms with E-state index in [2.05, 4.69) is 4.98 Å². The van der Waals surface area contributed by atoms with Gasteiger partial charge in [0.1, 0.15) is 17.2 Å². The molecule has 314 valence electrons. The normalized spacial score (nSPS) is 21.8. The summed E-state index contributed by atoms with van der Waals surface area (Å²) in [5, 5.41) is 21.7. The van der Waals surface area contributed by atoms with Gasteiger partial charge in [-0.05, 0) is 93.8 Å². The van der Waals surface area contributed by atoms with E-state index in [-0.39, 0.29) is 64.1 Å². The highest BCUT2D eigenvalue weighted by atomic mass is 19.4. The summed E-state index contributed by atoms with van der Waals surface area (Å²) in [6.45, 7) is 2.92. The lowest BCUT2D eigenvalue weighted by atomic mass is 9.66. The van der Waals surface area contributed by atoms with Gasteiger partial charge in [0.25, 0.3) is 17.7 Å². The molecule has 2 N–H and O–H groups in total. The molecule has 1 aromatic heterocycles. The van der Waals surface area contributed by atoms with Gasteiger partial charge in [0.05, 0.1) is 34.8 Å². The van der Waals surface area contributed by atoms with Gasteiger partial charge >= 0.3 is 12.1 Å². The molecule has 10 nitrogen and oxygen atoms in total. The summed E-state index contributed by atoms with van der Waals surface area (Å²) in [5.74, 6) is -5.16. The second-order valence-corrected chi connectivity index (χ2v) is 15.9. The molecular formula is C43H50F5N3O7.